The van der Waals surface area contributed by atoms with Gasteiger partial charge in [-0.1, -0.05) is 36.2 Å². The summed E-state index contributed by atoms with van der Waals surface area (Å²) >= 11 is 6.12. The molecule has 14 heavy (non-hydrogen) atoms. The van der Waals surface area contributed by atoms with Gasteiger partial charge in [-0.15, -0.1) is 0 Å². The quantitative estimate of drug-likeness (QED) is 0.803. The first-order chi connectivity index (χ1) is 6.77. The van der Waals surface area contributed by atoms with Crippen LogP contribution in [-0.4, -0.2) is 6.04 Å². The van der Waals surface area contributed by atoms with Crippen LogP contribution in [0.25, 0.3) is 0 Å². The minimum Gasteiger partial charge on any atom is -0.307 e. The Kier molecular flexibility index (Phi) is 3.09. The lowest BCUT2D eigenvalue weighted by Gasteiger charge is -2.30. The topological polar surface area (TPSA) is 12.0 Å². The molecule has 1 aromatic carbocycles. The molecule has 1 aromatic rings. The van der Waals surface area contributed by atoms with Crippen molar-refractivity contribution in [3.05, 3.63) is 34.9 Å². The molecule has 2 heteroatoms. The number of hydrogen-bond acceptors (Lipinski definition) is 1. The summed E-state index contributed by atoms with van der Waals surface area (Å²) in [5, 5.41) is 4.46. The van der Waals surface area contributed by atoms with E-state index in [-0.39, 0.29) is 0 Å². The molecule has 0 saturated heterocycles. The maximum atomic E-state index is 6.12. The van der Waals surface area contributed by atoms with Crippen molar-refractivity contribution in [2.24, 2.45) is 0 Å². The van der Waals surface area contributed by atoms with Crippen molar-refractivity contribution < 1.29 is 0 Å². The SMILES string of the molecule is C[C@@H](NC1CCC1)c1ccccc1Cl. The molecule has 0 spiro atoms. The first-order valence-electron chi connectivity index (χ1n) is 5.28. The van der Waals surface area contributed by atoms with E-state index in [2.05, 4.69) is 18.3 Å². The number of rotatable bonds is 3. The molecule has 1 nitrogen and oxygen atoms in total. The van der Waals surface area contributed by atoms with Crippen LogP contribution < -0.4 is 5.32 Å². The Hall–Kier alpha value is -0.530. The molecule has 1 saturated carbocycles. The second kappa shape index (κ2) is 4.33. The predicted molar refractivity (Wildman–Crippen MR) is 60.6 cm³/mol. The maximum absolute atomic E-state index is 6.12. The molecular formula is C12H16ClN. The second-order valence-electron chi connectivity index (χ2n) is 4.04. The molecule has 0 heterocycles. The Morgan fingerprint density at radius 2 is 2.07 bits per heavy atom. The fourth-order valence-electron chi connectivity index (χ4n) is 1.84. The summed E-state index contributed by atoms with van der Waals surface area (Å²) in [6.07, 6.45) is 4.00. The highest BCUT2D eigenvalue weighted by atomic mass is 35.5. The smallest absolute Gasteiger partial charge is 0.0453 e. The summed E-state index contributed by atoms with van der Waals surface area (Å²) in [5.41, 5.74) is 1.21. The zero-order valence-corrected chi connectivity index (χ0v) is 9.22. The van der Waals surface area contributed by atoms with E-state index in [1.165, 1.54) is 24.8 Å². The Morgan fingerprint density at radius 1 is 1.36 bits per heavy atom. The number of nitrogens with one attached hydrogen (secondary N) is 1. The van der Waals surface area contributed by atoms with Gasteiger partial charge in [0, 0.05) is 17.1 Å². The minimum absolute atomic E-state index is 0.369. The summed E-state index contributed by atoms with van der Waals surface area (Å²) in [4.78, 5) is 0. The summed E-state index contributed by atoms with van der Waals surface area (Å²) in [7, 11) is 0. The van der Waals surface area contributed by atoms with Crippen LogP contribution in [0.3, 0.4) is 0 Å². The first-order valence-corrected chi connectivity index (χ1v) is 5.65. The first kappa shape index (κ1) is 10.0. The molecule has 0 aromatic heterocycles. The Balaban J connectivity index is 2.02. The average molecular weight is 210 g/mol. The van der Waals surface area contributed by atoms with Gasteiger partial charge in [-0.05, 0) is 31.4 Å². The van der Waals surface area contributed by atoms with E-state index in [1.54, 1.807) is 0 Å². The van der Waals surface area contributed by atoms with E-state index < -0.39 is 0 Å². The second-order valence-corrected chi connectivity index (χ2v) is 4.44. The molecule has 1 aliphatic carbocycles. The zero-order valence-electron chi connectivity index (χ0n) is 8.46. The van der Waals surface area contributed by atoms with E-state index in [0.29, 0.717) is 12.1 Å². The van der Waals surface area contributed by atoms with Crippen LogP contribution in [0.5, 0.6) is 0 Å². The van der Waals surface area contributed by atoms with Crippen molar-refractivity contribution in [2.45, 2.75) is 38.3 Å². The van der Waals surface area contributed by atoms with Crippen LogP contribution in [0.15, 0.2) is 24.3 Å². The molecule has 0 unspecified atom stereocenters. The minimum atomic E-state index is 0.369. The number of benzene rings is 1. The van der Waals surface area contributed by atoms with E-state index in [1.807, 2.05) is 18.2 Å². The van der Waals surface area contributed by atoms with Gasteiger partial charge in [0.1, 0.15) is 0 Å². The lowest BCUT2D eigenvalue weighted by molar-refractivity contribution is 0.313. The Bertz CT molecular complexity index is 307. The van der Waals surface area contributed by atoms with Crippen LogP contribution >= 0.6 is 11.6 Å². The van der Waals surface area contributed by atoms with Crippen molar-refractivity contribution >= 4 is 11.6 Å². The molecular weight excluding hydrogens is 194 g/mol. The third kappa shape index (κ3) is 2.10. The molecule has 76 valence electrons. The van der Waals surface area contributed by atoms with Crippen LogP contribution in [0, 0.1) is 0 Å². The van der Waals surface area contributed by atoms with Gasteiger partial charge in [0.15, 0.2) is 0 Å². The summed E-state index contributed by atoms with van der Waals surface area (Å²) in [6, 6.07) is 9.15. The fraction of sp³-hybridized carbons (Fsp3) is 0.500. The summed E-state index contributed by atoms with van der Waals surface area (Å²) in [5.74, 6) is 0. The van der Waals surface area contributed by atoms with E-state index >= 15 is 0 Å². The third-order valence-electron chi connectivity index (χ3n) is 2.96. The van der Waals surface area contributed by atoms with Gasteiger partial charge in [0.05, 0.1) is 0 Å². The van der Waals surface area contributed by atoms with Gasteiger partial charge in [-0.25, -0.2) is 0 Å². The molecule has 1 atom stereocenters. The predicted octanol–water partition coefficient (Wildman–Crippen LogP) is 3.54. The van der Waals surface area contributed by atoms with Gasteiger partial charge >= 0.3 is 0 Å². The number of hydrogen-bond donors (Lipinski definition) is 1. The zero-order chi connectivity index (χ0) is 9.97. The van der Waals surface area contributed by atoms with Crippen molar-refractivity contribution in [3.8, 4) is 0 Å². The van der Waals surface area contributed by atoms with Crippen molar-refractivity contribution in [3.63, 3.8) is 0 Å². The van der Waals surface area contributed by atoms with Gasteiger partial charge < -0.3 is 5.32 Å². The van der Waals surface area contributed by atoms with Gasteiger partial charge in [0.2, 0.25) is 0 Å². The van der Waals surface area contributed by atoms with Crippen molar-refractivity contribution in [2.75, 3.05) is 0 Å². The maximum Gasteiger partial charge on any atom is 0.0453 e. The molecule has 0 radical (unpaired) electrons. The molecule has 1 N–H and O–H groups in total. The molecule has 1 fully saturated rings. The highest BCUT2D eigenvalue weighted by molar-refractivity contribution is 6.31. The summed E-state index contributed by atoms with van der Waals surface area (Å²) in [6.45, 7) is 2.18. The molecule has 1 aliphatic rings. The highest BCUT2D eigenvalue weighted by Gasteiger charge is 2.20. The van der Waals surface area contributed by atoms with Crippen LogP contribution in [0.2, 0.25) is 5.02 Å². The highest BCUT2D eigenvalue weighted by Crippen LogP contribution is 2.26. The third-order valence-corrected chi connectivity index (χ3v) is 3.31. The van der Waals surface area contributed by atoms with Crippen LogP contribution in [0.1, 0.15) is 37.8 Å². The van der Waals surface area contributed by atoms with E-state index in [9.17, 15) is 0 Å². The lowest BCUT2D eigenvalue weighted by Crippen LogP contribution is -2.36. The van der Waals surface area contributed by atoms with Crippen molar-refractivity contribution in [1.82, 2.24) is 5.32 Å². The largest absolute Gasteiger partial charge is 0.307 e. The van der Waals surface area contributed by atoms with E-state index in [4.69, 9.17) is 11.6 Å². The van der Waals surface area contributed by atoms with Gasteiger partial charge in [0.25, 0.3) is 0 Å². The normalized spacial score (nSPS) is 19.0. The molecule has 0 bridgehead atoms. The van der Waals surface area contributed by atoms with Crippen LogP contribution in [0.4, 0.5) is 0 Å². The van der Waals surface area contributed by atoms with Crippen LogP contribution in [-0.2, 0) is 0 Å². The Labute approximate surface area is 90.5 Å². The Morgan fingerprint density at radius 3 is 2.64 bits per heavy atom. The molecule has 0 amide bonds. The molecule has 0 aliphatic heterocycles. The van der Waals surface area contributed by atoms with Gasteiger partial charge in [-0.2, -0.15) is 0 Å². The van der Waals surface area contributed by atoms with Crippen molar-refractivity contribution in [1.29, 1.82) is 0 Å². The number of halogens is 1. The summed E-state index contributed by atoms with van der Waals surface area (Å²) < 4.78 is 0. The average Bonchev–Trinajstić information content (AvgIpc) is 2.12. The standard InChI is InChI=1S/C12H16ClN/c1-9(14-10-5-4-6-10)11-7-2-3-8-12(11)13/h2-3,7-10,14H,4-6H2,1H3/t9-/m1/s1. The van der Waals surface area contributed by atoms with Gasteiger partial charge in [-0.3, -0.25) is 0 Å². The fourth-order valence-corrected chi connectivity index (χ4v) is 2.14. The monoisotopic (exact) mass is 209 g/mol. The lowest BCUT2D eigenvalue weighted by atomic mass is 9.92. The molecule has 2 rings (SSSR count). The van der Waals surface area contributed by atoms with E-state index in [0.717, 1.165) is 5.02 Å².